The van der Waals surface area contributed by atoms with Gasteiger partial charge in [-0.1, -0.05) is 0 Å². The number of alkyl halides is 1. The Morgan fingerprint density at radius 1 is 1.50 bits per heavy atom. The van der Waals surface area contributed by atoms with E-state index in [2.05, 4.69) is 4.98 Å². The number of oxazole rings is 1. The molecule has 0 aliphatic rings. The maximum atomic E-state index is 11.2. The molecule has 14 heavy (non-hydrogen) atoms. The molecule has 1 N–H and O–H groups in total. The Morgan fingerprint density at radius 2 is 2.29 bits per heavy atom. The van der Waals surface area contributed by atoms with Crippen LogP contribution in [-0.2, 0) is 0 Å². The van der Waals surface area contributed by atoms with E-state index < -0.39 is 5.76 Å². The molecule has 0 aliphatic carbocycles. The molecular weight excluding hydrogens is 206 g/mol. The fraction of sp³-hybridized carbons (Fsp3) is 0.111. The first-order chi connectivity index (χ1) is 6.70. The van der Waals surface area contributed by atoms with Gasteiger partial charge in [0.05, 0.1) is 11.4 Å². The first-order valence-electron chi connectivity index (χ1n) is 3.93. The Morgan fingerprint density at radius 3 is 3.00 bits per heavy atom. The Bertz CT molecular complexity index is 540. The largest absolute Gasteiger partial charge is 0.417 e. The zero-order chi connectivity index (χ0) is 10.1. The van der Waals surface area contributed by atoms with E-state index >= 15 is 0 Å². The highest BCUT2D eigenvalue weighted by Gasteiger charge is 2.07. The average Bonchev–Trinajstić information content (AvgIpc) is 2.55. The first-order valence-corrected chi connectivity index (χ1v) is 4.46. The van der Waals surface area contributed by atoms with E-state index in [0.29, 0.717) is 16.7 Å². The second kappa shape index (κ2) is 3.31. The van der Waals surface area contributed by atoms with Crippen LogP contribution < -0.4 is 5.76 Å². The number of carbonyl (C=O) groups excluding carboxylic acids is 1. The highest BCUT2D eigenvalue weighted by molar-refractivity contribution is 6.30. The SMILES string of the molecule is O=C(CCl)c1ccc2oc(=O)[nH]c2c1. The number of aromatic nitrogens is 1. The third-order valence-corrected chi connectivity index (χ3v) is 2.11. The van der Waals surface area contributed by atoms with Crippen molar-refractivity contribution in [2.24, 2.45) is 0 Å². The van der Waals surface area contributed by atoms with Gasteiger partial charge in [-0.3, -0.25) is 9.78 Å². The van der Waals surface area contributed by atoms with Gasteiger partial charge in [0.1, 0.15) is 0 Å². The summed E-state index contributed by atoms with van der Waals surface area (Å²) in [4.78, 5) is 24.5. The van der Waals surface area contributed by atoms with Gasteiger partial charge in [-0.15, -0.1) is 11.6 Å². The summed E-state index contributed by atoms with van der Waals surface area (Å²) in [5.74, 6) is -0.792. The van der Waals surface area contributed by atoms with Crippen LogP contribution in [0.1, 0.15) is 10.4 Å². The molecule has 0 saturated carbocycles. The summed E-state index contributed by atoms with van der Waals surface area (Å²) in [5, 5.41) is 0. The van der Waals surface area contributed by atoms with Crippen LogP contribution in [0.5, 0.6) is 0 Å². The third-order valence-electron chi connectivity index (χ3n) is 1.86. The number of aromatic amines is 1. The maximum absolute atomic E-state index is 11.2. The average molecular weight is 212 g/mol. The standard InChI is InChI=1S/C9H6ClNO3/c10-4-7(12)5-1-2-8-6(3-5)11-9(13)14-8/h1-3H,4H2,(H,11,13). The highest BCUT2D eigenvalue weighted by atomic mass is 35.5. The number of carbonyl (C=O) groups is 1. The molecule has 1 heterocycles. The van der Waals surface area contributed by atoms with Crippen molar-refractivity contribution in [3.8, 4) is 0 Å². The van der Waals surface area contributed by atoms with E-state index in [4.69, 9.17) is 16.0 Å². The molecule has 72 valence electrons. The zero-order valence-corrected chi connectivity index (χ0v) is 7.80. The van der Waals surface area contributed by atoms with E-state index in [0.717, 1.165) is 0 Å². The van der Waals surface area contributed by atoms with Crippen molar-refractivity contribution in [3.05, 3.63) is 34.3 Å². The number of fused-ring (bicyclic) bond motifs is 1. The second-order valence-electron chi connectivity index (χ2n) is 2.78. The number of nitrogens with one attached hydrogen (secondary N) is 1. The van der Waals surface area contributed by atoms with Gasteiger partial charge in [-0.05, 0) is 18.2 Å². The molecule has 0 spiro atoms. The smallest absolute Gasteiger partial charge is 0.408 e. The molecule has 0 fully saturated rings. The molecule has 0 radical (unpaired) electrons. The molecule has 0 aliphatic heterocycles. The van der Waals surface area contributed by atoms with Gasteiger partial charge < -0.3 is 4.42 Å². The molecule has 2 aromatic rings. The van der Waals surface area contributed by atoms with Gasteiger partial charge in [0.15, 0.2) is 11.4 Å². The minimum Gasteiger partial charge on any atom is -0.408 e. The predicted octanol–water partition coefficient (Wildman–Crippen LogP) is 1.54. The van der Waals surface area contributed by atoms with Crippen molar-refractivity contribution in [3.63, 3.8) is 0 Å². The zero-order valence-electron chi connectivity index (χ0n) is 7.04. The van der Waals surface area contributed by atoms with Crippen molar-refractivity contribution >= 4 is 28.5 Å². The van der Waals surface area contributed by atoms with Gasteiger partial charge >= 0.3 is 5.76 Å². The molecule has 4 nitrogen and oxygen atoms in total. The number of benzene rings is 1. The van der Waals surface area contributed by atoms with Gasteiger partial charge in [0.2, 0.25) is 0 Å². The second-order valence-corrected chi connectivity index (χ2v) is 3.05. The molecule has 0 atom stereocenters. The summed E-state index contributed by atoms with van der Waals surface area (Å²) in [6.07, 6.45) is 0. The minimum absolute atomic E-state index is 0.0758. The first kappa shape index (κ1) is 9.02. The molecular formula is C9H6ClNO3. The lowest BCUT2D eigenvalue weighted by Gasteiger charge is -1.94. The molecule has 2 rings (SSSR count). The number of Topliss-reactive ketones (excluding diaryl/α,β-unsaturated/α-hetero) is 1. The Labute approximate surface area is 83.5 Å². The lowest BCUT2D eigenvalue weighted by atomic mass is 10.1. The lowest BCUT2D eigenvalue weighted by molar-refractivity contribution is 0.102. The van der Waals surface area contributed by atoms with E-state index in [9.17, 15) is 9.59 Å². The summed E-state index contributed by atoms with van der Waals surface area (Å²) >= 11 is 5.40. The van der Waals surface area contributed by atoms with Crippen LogP contribution in [0.2, 0.25) is 0 Å². The Balaban J connectivity index is 2.61. The number of hydrogen-bond donors (Lipinski definition) is 1. The maximum Gasteiger partial charge on any atom is 0.417 e. The molecule has 0 saturated heterocycles. The van der Waals surface area contributed by atoms with Crippen molar-refractivity contribution in [2.75, 3.05) is 5.88 Å². The Hall–Kier alpha value is -1.55. The van der Waals surface area contributed by atoms with Crippen LogP contribution in [0.25, 0.3) is 11.1 Å². The fourth-order valence-electron chi connectivity index (χ4n) is 1.20. The van der Waals surface area contributed by atoms with Crippen LogP contribution in [-0.4, -0.2) is 16.6 Å². The van der Waals surface area contributed by atoms with Crippen molar-refractivity contribution in [1.82, 2.24) is 4.98 Å². The quantitative estimate of drug-likeness (QED) is 0.606. The van der Waals surface area contributed by atoms with E-state index in [-0.39, 0.29) is 11.7 Å². The summed E-state index contributed by atoms with van der Waals surface area (Å²) in [6.45, 7) is 0. The minimum atomic E-state index is -0.532. The summed E-state index contributed by atoms with van der Waals surface area (Å²) in [6, 6.07) is 4.68. The number of rotatable bonds is 2. The summed E-state index contributed by atoms with van der Waals surface area (Å²) < 4.78 is 4.78. The molecule has 0 bridgehead atoms. The number of hydrogen-bond acceptors (Lipinski definition) is 3. The van der Waals surface area contributed by atoms with E-state index in [1.807, 2.05) is 0 Å². The molecule has 0 amide bonds. The number of halogens is 1. The monoisotopic (exact) mass is 211 g/mol. The normalized spacial score (nSPS) is 10.6. The third kappa shape index (κ3) is 1.44. The van der Waals surface area contributed by atoms with Gasteiger partial charge in [0, 0.05) is 5.56 Å². The number of H-pyrrole nitrogens is 1. The predicted molar refractivity (Wildman–Crippen MR) is 51.9 cm³/mol. The highest BCUT2D eigenvalue weighted by Crippen LogP contribution is 2.12. The Kier molecular flexibility index (Phi) is 2.13. The van der Waals surface area contributed by atoms with Crippen LogP contribution >= 0.6 is 11.6 Å². The van der Waals surface area contributed by atoms with Crippen molar-refractivity contribution < 1.29 is 9.21 Å². The van der Waals surface area contributed by atoms with Gasteiger partial charge in [-0.25, -0.2) is 4.79 Å². The number of ketones is 1. The van der Waals surface area contributed by atoms with Crippen LogP contribution in [0.15, 0.2) is 27.4 Å². The molecule has 1 aromatic carbocycles. The van der Waals surface area contributed by atoms with Gasteiger partial charge in [-0.2, -0.15) is 0 Å². The molecule has 0 unspecified atom stereocenters. The van der Waals surface area contributed by atoms with E-state index in [1.54, 1.807) is 18.2 Å². The van der Waals surface area contributed by atoms with E-state index in [1.165, 1.54) is 0 Å². The fourth-order valence-corrected chi connectivity index (χ4v) is 1.36. The topological polar surface area (TPSA) is 63.1 Å². The summed E-state index contributed by atoms with van der Waals surface area (Å²) in [5.41, 5.74) is 1.40. The van der Waals surface area contributed by atoms with Crippen molar-refractivity contribution in [2.45, 2.75) is 0 Å². The van der Waals surface area contributed by atoms with Crippen LogP contribution in [0.3, 0.4) is 0 Å². The van der Waals surface area contributed by atoms with Gasteiger partial charge in [0.25, 0.3) is 0 Å². The molecule has 5 heteroatoms. The molecule has 1 aromatic heterocycles. The summed E-state index contributed by atoms with van der Waals surface area (Å²) in [7, 11) is 0. The van der Waals surface area contributed by atoms with Crippen LogP contribution in [0.4, 0.5) is 0 Å². The van der Waals surface area contributed by atoms with Crippen molar-refractivity contribution in [1.29, 1.82) is 0 Å². The lowest BCUT2D eigenvalue weighted by Crippen LogP contribution is -1.99. The van der Waals surface area contributed by atoms with Crippen LogP contribution in [0, 0.1) is 0 Å².